The van der Waals surface area contributed by atoms with E-state index in [1.807, 2.05) is 57.1 Å². The van der Waals surface area contributed by atoms with Crippen molar-refractivity contribution in [1.29, 1.82) is 0 Å². The molecule has 6 nitrogen and oxygen atoms in total. The number of aryl methyl sites for hydroxylation is 1. The van der Waals surface area contributed by atoms with Crippen LogP contribution in [0.1, 0.15) is 35.1 Å². The highest BCUT2D eigenvalue weighted by molar-refractivity contribution is 5.96. The van der Waals surface area contributed by atoms with Crippen molar-refractivity contribution in [3.8, 4) is 5.75 Å². The van der Waals surface area contributed by atoms with Crippen LogP contribution in [-0.4, -0.2) is 59.5 Å². The third kappa shape index (κ3) is 5.32. The van der Waals surface area contributed by atoms with Crippen LogP contribution in [0, 0.1) is 6.92 Å². The van der Waals surface area contributed by atoms with Crippen molar-refractivity contribution in [3.63, 3.8) is 0 Å². The molecule has 6 heteroatoms. The number of likely N-dealkylation sites (N-methyl/N-ethyl adjacent to an activating group) is 1. The number of amides is 1. The summed E-state index contributed by atoms with van der Waals surface area (Å²) in [6.07, 6.45) is 2.57. The second-order valence-corrected chi connectivity index (χ2v) is 6.35. The molecule has 0 saturated heterocycles. The fraction of sp³-hybridized carbons (Fsp3) is 0.474. The summed E-state index contributed by atoms with van der Waals surface area (Å²) in [5.41, 5.74) is 2.47. The van der Waals surface area contributed by atoms with E-state index in [2.05, 4.69) is 14.9 Å². The number of carbonyl (C=O) groups is 1. The number of hydrogen-bond donors (Lipinski definition) is 1. The van der Waals surface area contributed by atoms with E-state index in [4.69, 9.17) is 4.74 Å². The van der Waals surface area contributed by atoms with Gasteiger partial charge in [-0.2, -0.15) is 0 Å². The predicted octanol–water partition coefficient (Wildman–Crippen LogP) is 2.71. The van der Waals surface area contributed by atoms with E-state index < -0.39 is 0 Å². The van der Waals surface area contributed by atoms with Crippen LogP contribution in [0.3, 0.4) is 0 Å². The van der Waals surface area contributed by atoms with Crippen molar-refractivity contribution >= 4 is 5.91 Å². The lowest BCUT2D eigenvalue weighted by atomic mass is 10.1. The molecule has 136 valence electrons. The Hall–Kier alpha value is -2.34. The lowest BCUT2D eigenvalue weighted by molar-refractivity contribution is 0.0725. The van der Waals surface area contributed by atoms with Crippen LogP contribution in [0.15, 0.2) is 30.6 Å². The molecule has 1 aromatic heterocycles. The topological polar surface area (TPSA) is 61.5 Å². The molecule has 1 N–H and O–H groups in total. The van der Waals surface area contributed by atoms with E-state index in [-0.39, 0.29) is 5.91 Å². The van der Waals surface area contributed by atoms with Crippen LogP contribution in [0.4, 0.5) is 0 Å². The van der Waals surface area contributed by atoms with Gasteiger partial charge in [0.2, 0.25) is 0 Å². The minimum absolute atomic E-state index is 0.0315. The average molecular weight is 344 g/mol. The van der Waals surface area contributed by atoms with E-state index in [0.717, 1.165) is 24.4 Å². The highest BCUT2D eigenvalue weighted by Crippen LogP contribution is 2.21. The number of nitrogens with one attached hydrogen (secondary N) is 1. The van der Waals surface area contributed by atoms with Gasteiger partial charge in [0.05, 0.1) is 30.7 Å². The molecule has 0 aliphatic rings. The Kier molecular flexibility index (Phi) is 7.01. The maximum Gasteiger partial charge on any atom is 0.258 e. The van der Waals surface area contributed by atoms with Crippen LogP contribution in [-0.2, 0) is 6.54 Å². The first-order valence-electron chi connectivity index (χ1n) is 8.67. The van der Waals surface area contributed by atoms with Gasteiger partial charge in [-0.25, -0.2) is 4.98 Å². The van der Waals surface area contributed by atoms with Crippen molar-refractivity contribution in [3.05, 3.63) is 47.5 Å². The molecule has 0 aliphatic heterocycles. The first-order chi connectivity index (χ1) is 12.0. The summed E-state index contributed by atoms with van der Waals surface area (Å²) in [4.78, 5) is 24.5. The summed E-state index contributed by atoms with van der Waals surface area (Å²) >= 11 is 0. The predicted molar refractivity (Wildman–Crippen MR) is 98.8 cm³/mol. The SMILES string of the molecule is CCCOc1ccccc1C(=O)N(CCN(C)C)Cc1nc[nH]c1C. The van der Waals surface area contributed by atoms with Crippen molar-refractivity contribution in [2.45, 2.75) is 26.8 Å². The summed E-state index contributed by atoms with van der Waals surface area (Å²) in [7, 11) is 4.00. The highest BCUT2D eigenvalue weighted by Gasteiger charge is 2.21. The number of hydrogen-bond acceptors (Lipinski definition) is 4. The molecule has 2 rings (SSSR count). The number of carbonyl (C=O) groups excluding carboxylic acids is 1. The molecule has 0 aliphatic carbocycles. The zero-order valence-electron chi connectivity index (χ0n) is 15.6. The Morgan fingerprint density at radius 3 is 2.64 bits per heavy atom. The van der Waals surface area contributed by atoms with E-state index in [1.165, 1.54) is 0 Å². The van der Waals surface area contributed by atoms with Gasteiger partial charge < -0.3 is 19.5 Å². The monoisotopic (exact) mass is 344 g/mol. The second-order valence-electron chi connectivity index (χ2n) is 6.35. The van der Waals surface area contributed by atoms with Crippen LogP contribution in [0.5, 0.6) is 5.75 Å². The van der Waals surface area contributed by atoms with Gasteiger partial charge in [-0.15, -0.1) is 0 Å². The smallest absolute Gasteiger partial charge is 0.258 e. The van der Waals surface area contributed by atoms with Gasteiger partial charge in [-0.05, 0) is 39.6 Å². The molecule has 0 fully saturated rings. The van der Waals surface area contributed by atoms with E-state index in [9.17, 15) is 4.79 Å². The molecule has 1 heterocycles. The molecule has 0 atom stereocenters. The molecular formula is C19H28N4O2. The maximum absolute atomic E-state index is 13.2. The Morgan fingerprint density at radius 1 is 1.24 bits per heavy atom. The number of aromatic nitrogens is 2. The summed E-state index contributed by atoms with van der Waals surface area (Å²) in [6, 6.07) is 7.44. The zero-order chi connectivity index (χ0) is 18.2. The van der Waals surface area contributed by atoms with Crippen LogP contribution in [0.2, 0.25) is 0 Å². The van der Waals surface area contributed by atoms with Gasteiger partial charge >= 0.3 is 0 Å². The zero-order valence-corrected chi connectivity index (χ0v) is 15.6. The van der Waals surface area contributed by atoms with Crippen molar-refractivity contribution < 1.29 is 9.53 Å². The molecular weight excluding hydrogens is 316 g/mol. The summed E-state index contributed by atoms with van der Waals surface area (Å²) in [6.45, 7) is 6.50. The quantitative estimate of drug-likeness (QED) is 0.760. The summed E-state index contributed by atoms with van der Waals surface area (Å²) in [5.74, 6) is 0.610. The first-order valence-corrected chi connectivity index (χ1v) is 8.67. The number of ether oxygens (including phenoxy) is 1. The second kappa shape index (κ2) is 9.22. The van der Waals surface area contributed by atoms with Crippen molar-refractivity contribution in [2.75, 3.05) is 33.8 Å². The minimum atomic E-state index is -0.0315. The standard InChI is InChI=1S/C19H28N4O2/c1-5-12-25-18-9-7-6-8-16(18)19(24)23(11-10-22(3)4)13-17-15(2)20-14-21-17/h6-9,14H,5,10-13H2,1-4H3,(H,20,21). The lowest BCUT2D eigenvalue weighted by Crippen LogP contribution is -2.36. The molecule has 0 radical (unpaired) electrons. The molecule has 0 unspecified atom stereocenters. The normalized spacial score (nSPS) is 10.9. The summed E-state index contributed by atoms with van der Waals surface area (Å²) in [5, 5.41) is 0. The van der Waals surface area contributed by atoms with Gasteiger partial charge in [0.1, 0.15) is 5.75 Å². The van der Waals surface area contributed by atoms with E-state index >= 15 is 0 Å². The average Bonchev–Trinajstić information content (AvgIpc) is 3.01. The Balaban J connectivity index is 2.23. The molecule has 25 heavy (non-hydrogen) atoms. The fourth-order valence-corrected chi connectivity index (χ4v) is 2.45. The fourth-order valence-electron chi connectivity index (χ4n) is 2.45. The lowest BCUT2D eigenvalue weighted by Gasteiger charge is -2.25. The Labute approximate surface area is 149 Å². The van der Waals surface area contributed by atoms with Crippen LogP contribution in [0.25, 0.3) is 0 Å². The van der Waals surface area contributed by atoms with Gasteiger partial charge in [-0.3, -0.25) is 4.79 Å². The third-order valence-corrected chi connectivity index (χ3v) is 3.96. The van der Waals surface area contributed by atoms with Gasteiger partial charge in [0.25, 0.3) is 5.91 Å². The van der Waals surface area contributed by atoms with Crippen molar-refractivity contribution in [1.82, 2.24) is 19.8 Å². The number of imidazole rings is 1. The first kappa shape index (κ1) is 19.0. The number of nitrogens with zero attached hydrogens (tertiary/aromatic N) is 3. The number of para-hydroxylation sites is 1. The number of rotatable bonds is 9. The number of aromatic amines is 1. The van der Waals surface area contributed by atoms with Crippen molar-refractivity contribution in [2.24, 2.45) is 0 Å². The number of H-pyrrole nitrogens is 1. The van der Waals surface area contributed by atoms with Gasteiger partial charge in [-0.1, -0.05) is 19.1 Å². The largest absolute Gasteiger partial charge is 0.493 e. The number of benzene rings is 1. The molecule has 1 amide bonds. The molecule has 0 saturated carbocycles. The van der Waals surface area contributed by atoms with Crippen LogP contribution >= 0.6 is 0 Å². The molecule has 0 spiro atoms. The van der Waals surface area contributed by atoms with Gasteiger partial charge in [0, 0.05) is 18.8 Å². The summed E-state index contributed by atoms with van der Waals surface area (Å²) < 4.78 is 5.76. The van der Waals surface area contributed by atoms with Gasteiger partial charge in [0.15, 0.2) is 0 Å². The third-order valence-electron chi connectivity index (χ3n) is 3.96. The highest BCUT2D eigenvalue weighted by atomic mass is 16.5. The van der Waals surface area contributed by atoms with E-state index in [1.54, 1.807) is 6.33 Å². The Morgan fingerprint density at radius 2 is 2.00 bits per heavy atom. The maximum atomic E-state index is 13.2. The minimum Gasteiger partial charge on any atom is -0.493 e. The van der Waals surface area contributed by atoms with E-state index in [0.29, 0.717) is 31.0 Å². The Bertz CT molecular complexity index is 682. The molecule has 2 aromatic rings. The molecule has 0 bridgehead atoms. The molecule has 1 aromatic carbocycles. The van der Waals surface area contributed by atoms with Crippen LogP contribution < -0.4 is 4.74 Å².